The van der Waals surface area contributed by atoms with Gasteiger partial charge in [-0.3, -0.25) is 9.69 Å². The van der Waals surface area contributed by atoms with Crippen molar-refractivity contribution in [3.8, 4) is 0 Å². The van der Waals surface area contributed by atoms with Gasteiger partial charge in [0, 0.05) is 38.4 Å². The molecule has 1 saturated heterocycles. The van der Waals surface area contributed by atoms with Crippen LogP contribution in [0.15, 0.2) is 24.3 Å². The largest absolute Gasteiger partial charge is 0.468 e. The summed E-state index contributed by atoms with van der Waals surface area (Å²) in [6.45, 7) is 3.27. The summed E-state index contributed by atoms with van der Waals surface area (Å²) in [5.74, 6) is -0.524. The van der Waals surface area contributed by atoms with Gasteiger partial charge in [0.05, 0.1) is 7.11 Å². The summed E-state index contributed by atoms with van der Waals surface area (Å²) in [5, 5.41) is 0. The first-order chi connectivity index (χ1) is 9.65. The zero-order valence-corrected chi connectivity index (χ0v) is 11.6. The number of halogens is 1. The lowest BCUT2D eigenvalue weighted by Crippen LogP contribution is -2.55. The Hall–Kier alpha value is -1.66. The molecule has 0 spiro atoms. The van der Waals surface area contributed by atoms with E-state index in [1.165, 1.54) is 19.2 Å². The third-order valence-corrected chi connectivity index (χ3v) is 3.64. The summed E-state index contributed by atoms with van der Waals surface area (Å²) in [6.07, 6.45) is 0. The Balaban J connectivity index is 1.94. The number of carbonyl (C=O) groups is 1. The Kier molecular flexibility index (Phi) is 4.92. The Labute approximate surface area is 118 Å². The molecule has 0 bridgehead atoms. The maximum Gasteiger partial charge on any atom is 0.324 e. The minimum atomic E-state index is -0.379. The second-order valence-electron chi connectivity index (χ2n) is 4.77. The number of nitrogens with two attached hydrogens (primary N) is 1. The molecule has 5 nitrogen and oxygen atoms in total. The number of nitrogens with zero attached hydrogens (tertiary/aromatic N) is 2. The fraction of sp³-hybridized carbons (Fsp3) is 0.500. The van der Waals surface area contributed by atoms with E-state index in [4.69, 9.17) is 10.5 Å². The highest BCUT2D eigenvalue weighted by Gasteiger charge is 2.28. The number of esters is 1. The van der Waals surface area contributed by atoms with Crippen molar-refractivity contribution in [2.75, 3.05) is 44.7 Å². The molecule has 0 radical (unpaired) electrons. The zero-order valence-electron chi connectivity index (χ0n) is 11.6. The predicted octanol–water partition coefficient (Wildman–Crippen LogP) is 0.448. The van der Waals surface area contributed by atoms with Gasteiger partial charge in [0.1, 0.15) is 11.9 Å². The zero-order chi connectivity index (χ0) is 14.5. The van der Waals surface area contributed by atoms with Crippen LogP contribution in [0.3, 0.4) is 0 Å². The van der Waals surface area contributed by atoms with E-state index in [0.29, 0.717) is 0 Å². The van der Waals surface area contributed by atoms with E-state index < -0.39 is 0 Å². The molecular formula is C14H20FN3O2. The van der Waals surface area contributed by atoms with Crippen LogP contribution in [-0.4, -0.2) is 56.7 Å². The van der Waals surface area contributed by atoms with Crippen LogP contribution in [0.1, 0.15) is 0 Å². The fourth-order valence-corrected chi connectivity index (χ4v) is 2.47. The number of benzene rings is 1. The molecule has 2 rings (SSSR count). The third-order valence-electron chi connectivity index (χ3n) is 3.64. The fourth-order valence-electron chi connectivity index (χ4n) is 2.47. The van der Waals surface area contributed by atoms with Crippen molar-refractivity contribution in [1.82, 2.24) is 4.90 Å². The second kappa shape index (κ2) is 6.67. The maximum absolute atomic E-state index is 12.9. The summed E-state index contributed by atoms with van der Waals surface area (Å²) < 4.78 is 17.7. The lowest BCUT2D eigenvalue weighted by atomic mass is 10.2. The highest BCUT2D eigenvalue weighted by Crippen LogP contribution is 2.17. The van der Waals surface area contributed by atoms with Crippen molar-refractivity contribution < 1.29 is 13.9 Å². The smallest absolute Gasteiger partial charge is 0.324 e. The monoisotopic (exact) mass is 281 g/mol. The average Bonchev–Trinajstić information content (AvgIpc) is 2.49. The number of rotatable bonds is 4. The molecular weight excluding hydrogens is 261 g/mol. The van der Waals surface area contributed by atoms with E-state index in [9.17, 15) is 9.18 Å². The Morgan fingerprint density at radius 1 is 1.30 bits per heavy atom. The van der Waals surface area contributed by atoms with Crippen LogP contribution < -0.4 is 10.6 Å². The number of ether oxygens (including phenoxy) is 1. The Bertz CT molecular complexity index is 444. The first-order valence-corrected chi connectivity index (χ1v) is 6.68. The summed E-state index contributed by atoms with van der Waals surface area (Å²) in [5.41, 5.74) is 6.64. The van der Waals surface area contributed by atoms with Gasteiger partial charge in [0.15, 0.2) is 0 Å². The van der Waals surface area contributed by atoms with Crippen molar-refractivity contribution in [2.45, 2.75) is 6.04 Å². The van der Waals surface area contributed by atoms with Gasteiger partial charge in [-0.05, 0) is 24.3 Å². The van der Waals surface area contributed by atoms with Gasteiger partial charge in [-0.25, -0.2) is 4.39 Å². The minimum absolute atomic E-state index is 0.235. The van der Waals surface area contributed by atoms with Crippen molar-refractivity contribution in [2.24, 2.45) is 5.73 Å². The van der Waals surface area contributed by atoms with Crippen LogP contribution in [0.5, 0.6) is 0 Å². The summed E-state index contributed by atoms with van der Waals surface area (Å²) in [4.78, 5) is 15.8. The molecule has 1 aromatic carbocycles. The van der Waals surface area contributed by atoms with E-state index in [0.717, 1.165) is 31.9 Å². The molecule has 110 valence electrons. The predicted molar refractivity (Wildman–Crippen MR) is 75.0 cm³/mol. The van der Waals surface area contributed by atoms with E-state index in [1.54, 1.807) is 12.1 Å². The van der Waals surface area contributed by atoms with Crippen LogP contribution >= 0.6 is 0 Å². The van der Waals surface area contributed by atoms with Crippen LogP contribution in [-0.2, 0) is 9.53 Å². The van der Waals surface area contributed by atoms with E-state index in [2.05, 4.69) is 4.90 Å². The summed E-state index contributed by atoms with van der Waals surface area (Å²) in [7, 11) is 1.37. The van der Waals surface area contributed by atoms with E-state index >= 15 is 0 Å². The maximum atomic E-state index is 12.9. The van der Waals surface area contributed by atoms with Crippen molar-refractivity contribution in [1.29, 1.82) is 0 Å². The molecule has 6 heteroatoms. The van der Waals surface area contributed by atoms with Crippen LogP contribution in [0.25, 0.3) is 0 Å². The van der Waals surface area contributed by atoms with Crippen LogP contribution in [0.4, 0.5) is 10.1 Å². The number of hydrogen-bond donors (Lipinski definition) is 1. The molecule has 0 aliphatic carbocycles. The first kappa shape index (κ1) is 14.7. The van der Waals surface area contributed by atoms with E-state index in [1.807, 2.05) is 4.90 Å². The van der Waals surface area contributed by atoms with Gasteiger partial charge >= 0.3 is 5.97 Å². The normalized spacial score (nSPS) is 17.9. The molecule has 1 atom stereocenters. The highest BCUT2D eigenvalue weighted by atomic mass is 19.1. The number of methoxy groups -OCH3 is 1. The number of anilines is 1. The molecule has 0 amide bonds. The highest BCUT2D eigenvalue weighted by molar-refractivity contribution is 5.76. The molecule has 1 aromatic rings. The molecule has 1 aliphatic heterocycles. The lowest BCUT2D eigenvalue weighted by Gasteiger charge is -2.38. The van der Waals surface area contributed by atoms with Crippen molar-refractivity contribution in [3.05, 3.63) is 30.1 Å². The topological polar surface area (TPSA) is 58.8 Å². The third kappa shape index (κ3) is 3.26. The lowest BCUT2D eigenvalue weighted by molar-refractivity contribution is -0.146. The molecule has 0 aromatic heterocycles. The second-order valence-corrected chi connectivity index (χ2v) is 4.77. The first-order valence-electron chi connectivity index (χ1n) is 6.68. The molecule has 1 heterocycles. The quantitative estimate of drug-likeness (QED) is 0.812. The minimum Gasteiger partial charge on any atom is -0.468 e. The number of carbonyl (C=O) groups excluding carboxylic acids is 1. The molecule has 1 aliphatic rings. The van der Waals surface area contributed by atoms with Gasteiger partial charge < -0.3 is 15.4 Å². The van der Waals surface area contributed by atoms with Gasteiger partial charge in [-0.1, -0.05) is 0 Å². The van der Waals surface area contributed by atoms with Crippen molar-refractivity contribution in [3.63, 3.8) is 0 Å². The number of hydrogen-bond acceptors (Lipinski definition) is 5. The van der Waals surface area contributed by atoms with Crippen LogP contribution in [0, 0.1) is 5.82 Å². The summed E-state index contributed by atoms with van der Waals surface area (Å²) in [6, 6.07) is 6.07. The van der Waals surface area contributed by atoms with Gasteiger partial charge in [-0.15, -0.1) is 0 Å². The standard InChI is InChI=1S/C14H20FN3O2/c1-20-14(19)13(10-16)18-8-6-17(7-9-18)12-4-2-11(15)3-5-12/h2-5,13H,6-10,16H2,1H3. The van der Waals surface area contributed by atoms with Gasteiger partial charge in [0.25, 0.3) is 0 Å². The van der Waals surface area contributed by atoms with Crippen molar-refractivity contribution >= 4 is 11.7 Å². The Morgan fingerprint density at radius 3 is 2.40 bits per heavy atom. The van der Waals surface area contributed by atoms with Crippen LogP contribution in [0.2, 0.25) is 0 Å². The number of piperazine rings is 1. The molecule has 2 N–H and O–H groups in total. The molecule has 20 heavy (non-hydrogen) atoms. The van der Waals surface area contributed by atoms with Gasteiger partial charge in [-0.2, -0.15) is 0 Å². The van der Waals surface area contributed by atoms with E-state index in [-0.39, 0.29) is 24.4 Å². The average molecular weight is 281 g/mol. The van der Waals surface area contributed by atoms with Gasteiger partial charge in [0.2, 0.25) is 0 Å². The molecule has 1 unspecified atom stereocenters. The molecule has 0 saturated carbocycles. The SMILES string of the molecule is COC(=O)C(CN)N1CCN(c2ccc(F)cc2)CC1. The molecule has 1 fully saturated rings. The summed E-state index contributed by atoms with van der Waals surface area (Å²) >= 11 is 0. The Morgan fingerprint density at radius 2 is 1.90 bits per heavy atom.